The van der Waals surface area contributed by atoms with Crippen LogP contribution in [0.4, 0.5) is 4.79 Å². The van der Waals surface area contributed by atoms with Gasteiger partial charge in [0.05, 0.1) is 0 Å². The van der Waals surface area contributed by atoms with E-state index in [9.17, 15) is 9.59 Å². The summed E-state index contributed by atoms with van der Waals surface area (Å²) < 4.78 is 5.38. The van der Waals surface area contributed by atoms with Crippen molar-refractivity contribution in [3.63, 3.8) is 0 Å². The second kappa shape index (κ2) is 5.15. The van der Waals surface area contributed by atoms with E-state index >= 15 is 0 Å². The molecule has 1 saturated heterocycles. The molecular formula is C15H15N5O3. The Morgan fingerprint density at radius 2 is 2.09 bits per heavy atom. The third-order valence-electron chi connectivity index (χ3n) is 4.56. The lowest BCUT2D eigenvalue weighted by atomic mass is 9.76. The van der Waals surface area contributed by atoms with E-state index in [1.165, 1.54) is 0 Å². The summed E-state index contributed by atoms with van der Waals surface area (Å²) in [6.07, 6.45) is 5.93. The number of nitrogens with zero attached hydrogens (tertiary/aromatic N) is 3. The van der Waals surface area contributed by atoms with Crippen molar-refractivity contribution >= 4 is 11.9 Å². The first-order chi connectivity index (χ1) is 11.2. The predicted molar refractivity (Wildman–Crippen MR) is 78.1 cm³/mol. The van der Waals surface area contributed by atoms with E-state index in [2.05, 4.69) is 25.8 Å². The molecule has 118 valence electrons. The van der Waals surface area contributed by atoms with Crippen LogP contribution in [0.1, 0.15) is 37.5 Å². The topological polar surface area (TPSA) is 110 Å². The minimum absolute atomic E-state index is 0.101. The number of nitrogens with one attached hydrogen (secondary N) is 2. The molecule has 0 atom stereocenters. The molecule has 23 heavy (non-hydrogen) atoms. The molecule has 2 aromatic heterocycles. The number of urea groups is 1. The van der Waals surface area contributed by atoms with E-state index in [-0.39, 0.29) is 11.8 Å². The van der Waals surface area contributed by atoms with Crippen LogP contribution in [0.3, 0.4) is 0 Å². The van der Waals surface area contributed by atoms with E-state index < -0.39 is 11.6 Å². The van der Waals surface area contributed by atoms with E-state index in [0.717, 1.165) is 5.56 Å². The average Bonchev–Trinajstić information content (AvgIpc) is 3.15. The predicted octanol–water partition coefficient (Wildman–Crippen LogP) is 1.37. The first-order valence-corrected chi connectivity index (χ1v) is 7.54. The molecule has 0 aromatic carbocycles. The highest BCUT2D eigenvalue weighted by Crippen LogP contribution is 2.39. The summed E-state index contributed by atoms with van der Waals surface area (Å²) in [5.41, 5.74) is 0.0389. The van der Waals surface area contributed by atoms with Crippen LogP contribution < -0.4 is 10.6 Å². The van der Waals surface area contributed by atoms with E-state index in [4.69, 9.17) is 4.52 Å². The van der Waals surface area contributed by atoms with Crippen molar-refractivity contribution in [1.82, 2.24) is 25.8 Å². The zero-order chi connectivity index (χ0) is 15.9. The van der Waals surface area contributed by atoms with E-state index in [0.29, 0.717) is 37.4 Å². The fraction of sp³-hybridized carbons (Fsp3) is 0.400. The van der Waals surface area contributed by atoms with Crippen molar-refractivity contribution in [2.75, 3.05) is 0 Å². The third kappa shape index (κ3) is 2.36. The Labute approximate surface area is 131 Å². The zero-order valence-corrected chi connectivity index (χ0v) is 12.3. The Bertz CT molecular complexity index is 749. The Hall–Kier alpha value is -2.77. The van der Waals surface area contributed by atoms with Crippen LogP contribution in [0.5, 0.6) is 0 Å². The molecule has 3 amide bonds. The summed E-state index contributed by atoms with van der Waals surface area (Å²) in [5, 5.41) is 9.06. The van der Waals surface area contributed by atoms with Crippen molar-refractivity contribution in [2.45, 2.75) is 37.1 Å². The molecule has 2 N–H and O–H groups in total. The number of hydrogen-bond donors (Lipinski definition) is 2. The van der Waals surface area contributed by atoms with Gasteiger partial charge in [0.25, 0.3) is 5.91 Å². The molecule has 1 aliphatic heterocycles. The lowest BCUT2D eigenvalue weighted by Crippen LogP contribution is -2.49. The Morgan fingerprint density at radius 3 is 2.74 bits per heavy atom. The molecule has 0 radical (unpaired) electrons. The Morgan fingerprint density at radius 1 is 1.26 bits per heavy atom. The number of carbonyl (C=O) groups excluding carboxylic acids is 2. The molecule has 1 aliphatic carbocycles. The molecule has 1 spiro atoms. The fourth-order valence-electron chi connectivity index (χ4n) is 3.25. The van der Waals surface area contributed by atoms with Crippen LogP contribution in [-0.4, -0.2) is 32.6 Å². The molecule has 0 bridgehead atoms. The average molecular weight is 313 g/mol. The highest BCUT2D eigenvalue weighted by molar-refractivity contribution is 6.07. The van der Waals surface area contributed by atoms with Crippen molar-refractivity contribution in [1.29, 1.82) is 0 Å². The Balaban J connectivity index is 1.48. The van der Waals surface area contributed by atoms with Gasteiger partial charge in [0.15, 0.2) is 0 Å². The van der Waals surface area contributed by atoms with Crippen LogP contribution in [-0.2, 0) is 4.79 Å². The number of pyridine rings is 1. The van der Waals surface area contributed by atoms with Gasteiger partial charge in [0, 0.05) is 23.9 Å². The van der Waals surface area contributed by atoms with Crippen molar-refractivity contribution < 1.29 is 14.1 Å². The molecule has 0 unspecified atom stereocenters. The number of rotatable bonds is 2. The lowest BCUT2D eigenvalue weighted by Gasteiger charge is -2.33. The summed E-state index contributed by atoms with van der Waals surface area (Å²) in [7, 11) is 0. The fourth-order valence-corrected chi connectivity index (χ4v) is 3.25. The first kappa shape index (κ1) is 13.9. The van der Waals surface area contributed by atoms with Crippen LogP contribution in [0.25, 0.3) is 11.4 Å². The van der Waals surface area contributed by atoms with E-state index in [1.807, 2.05) is 12.1 Å². The van der Waals surface area contributed by atoms with Gasteiger partial charge in [-0.05, 0) is 37.8 Å². The summed E-state index contributed by atoms with van der Waals surface area (Å²) in [6, 6.07) is 3.28. The van der Waals surface area contributed by atoms with Gasteiger partial charge in [0.1, 0.15) is 5.54 Å². The molecule has 8 heteroatoms. The largest absolute Gasteiger partial charge is 0.339 e. The smallest absolute Gasteiger partial charge is 0.322 e. The second-order valence-electron chi connectivity index (χ2n) is 5.96. The molecular weight excluding hydrogens is 298 g/mol. The van der Waals surface area contributed by atoms with Gasteiger partial charge in [-0.15, -0.1) is 0 Å². The SMILES string of the molecule is O=C1NC(=O)C2(CCC(c3nc(-c4cccnc4)no3)CC2)N1. The number of carbonyl (C=O) groups is 2. The van der Waals surface area contributed by atoms with Gasteiger partial charge in [-0.3, -0.25) is 15.1 Å². The molecule has 2 aromatic rings. The van der Waals surface area contributed by atoms with Gasteiger partial charge in [0.2, 0.25) is 11.7 Å². The summed E-state index contributed by atoms with van der Waals surface area (Å²) in [5.74, 6) is 0.954. The lowest BCUT2D eigenvalue weighted by molar-refractivity contribution is -0.125. The van der Waals surface area contributed by atoms with Crippen LogP contribution in [0, 0.1) is 0 Å². The number of amides is 3. The minimum Gasteiger partial charge on any atom is -0.339 e. The van der Waals surface area contributed by atoms with Gasteiger partial charge in [-0.1, -0.05) is 5.16 Å². The maximum Gasteiger partial charge on any atom is 0.322 e. The first-order valence-electron chi connectivity index (χ1n) is 7.54. The van der Waals surface area contributed by atoms with Gasteiger partial charge in [-0.2, -0.15) is 4.98 Å². The monoisotopic (exact) mass is 313 g/mol. The number of hydrogen-bond acceptors (Lipinski definition) is 6. The molecule has 1 saturated carbocycles. The summed E-state index contributed by atoms with van der Waals surface area (Å²) in [4.78, 5) is 31.8. The normalized spacial score (nSPS) is 27.0. The number of imide groups is 1. The maximum atomic E-state index is 11.9. The third-order valence-corrected chi connectivity index (χ3v) is 4.56. The zero-order valence-electron chi connectivity index (χ0n) is 12.3. The molecule has 4 rings (SSSR count). The summed E-state index contributed by atoms with van der Waals surface area (Å²) in [6.45, 7) is 0. The quantitative estimate of drug-likeness (QED) is 0.810. The van der Waals surface area contributed by atoms with Crippen molar-refractivity contribution in [3.05, 3.63) is 30.4 Å². The standard InChI is InChI=1S/C15H15N5O3/c21-13-15(19-14(22)18-13)5-3-9(4-6-15)12-17-11(20-23-12)10-2-1-7-16-8-10/h1-2,7-9H,3-6H2,(H2,18,19,21,22). The van der Waals surface area contributed by atoms with Crippen LogP contribution in [0.15, 0.2) is 29.0 Å². The van der Waals surface area contributed by atoms with E-state index in [1.54, 1.807) is 12.4 Å². The van der Waals surface area contributed by atoms with Gasteiger partial charge in [-0.25, -0.2) is 4.79 Å². The number of aromatic nitrogens is 3. The highest BCUT2D eigenvalue weighted by atomic mass is 16.5. The van der Waals surface area contributed by atoms with Crippen LogP contribution in [0.2, 0.25) is 0 Å². The second-order valence-corrected chi connectivity index (χ2v) is 5.96. The van der Waals surface area contributed by atoms with Crippen LogP contribution >= 0.6 is 0 Å². The van der Waals surface area contributed by atoms with Crippen molar-refractivity contribution in [3.8, 4) is 11.4 Å². The maximum absolute atomic E-state index is 11.9. The molecule has 3 heterocycles. The molecule has 8 nitrogen and oxygen atoms in total. The Kier molecular flexibility index (Phi) is 3.10. The van der Waals surface area contributed by atoms with Crippen molar-refractivity contribution in [2.24, 2.45) is 0 Å². The molecule has 2 fully saturated rings. The highest BCUT2D eigenvalue weighted by Gasteiger charge is 2.48. The summed E-state index contributed by atoms with van der Waals surface area (Å²) >= 11 is 0. The molecule has 2 aliphatic rings. The van der Waals surface area contributed by atoms with Gasteiger partial charge < -0.3 is 9.84 Å². The van der Waals surface area contributed by atoms with Gasteiger partial charge >= 0.3 is 6.03 Å². The minimum atomic E-state index is -0.764.